The van der Waals surface area contributed by atoms with Crippen molar-refractivity contribution in [1.82, 2.24) is 15.4 Å². The fraction of sp³-hybridized carbons (Fsp3) is 0.310. The van der Waals surface area contributed by atoms with Crippen LogP contribution in [0, 0.1) is 6.92 Å². The lowest BCUT2D eigenvalue weighted by Gasteiger charge is -2.23. The number of alkyl halides is 3. The van der Waals surface area contributed by atoms with Gasteiger partial charge >= 0.3 is 12.1 Å². The van der Waals surface area contributed by atoms with Crippen LogP contribution in [0.25, 0.3) is 0 Å². The Balaban J connectivity index is 0.000000223. The Morgan fingerprint density at radius 2 is 1.56 bits per heavy atom. The van der Waals surface area contributed by atoms with Crippen LogP contribution in [0.3, 0.4) is 0 Å². The Morgan fingerprint density at radius 1 is 1.03 bits per heavy atom. The summed E-state index contributed by atoms with van der Waals surface area (Å²) in [5.74, 6) is -2.55. The first-order chi connectivity index (χ1) is 18.7. The van der Waals surface area contributed by atoms with Crippen LogP contribution in [0.1, 0.15) is 35.4 Å². The molecule has 10 heteroatoms. The summed E-state index contributed by atoms with van der Waals surface area (Å²) in [6.45, 7) is 5.01. The maximum Gasteiger partial charge on any atom is 0.490 e. The second-order valence-corrected chi connectivity index (χ2v) is 9.69. The molecule has 210 valence electrons. The third-order valence-electron chi connectivity index (χ3n) is 5.71. The number of hydrogen-bond acceptors (Lipinski definition) is 5. The molecule has 39 heavy (non-hydrogen) atoms. The maximum atomic E-state index is 10.6. The summed E-state index contributed by atoms with van der Waals surface area (Å²) in [6.07, 6.45) is -1.77. The summed E-state index contributed by atoms with van der Waals surface area (Å²) in [5, 5.41) is 13.3. The molecule has 3 aromatic carbocycles. The lowest BCUT2D eigenvalue weighted by Crippen LogP contribution is -2.40. The monoisotopic (exact) mass is 561 g/mol. The van der Waals surface area contributed by atoms with Crippen LogP contribution in [0.4, 0.5) is 13.2 Å². The highest BCUT2D eigenvalue weighted by Gasteiger charge is 2.38. The molecule has 1 atom stereocenters. The zero-order valence-electron chi connectivity index (χ0n) is 21.7. The van der Waals surface area contributed by atoms with E-state index in [1.807, 2.05) is 36.4 Å². The van der Waals surface area contributed by atoms with E-state index in [1.54, 1.807) is 11.9 Å². The Kier molecular flexibility index (Phi) is 14.1. The lowest BCUT2D eigenvalue weighted by molar-refractivity contribution is -0.192. The minimum absolute atomic E-state index is 0.211. The van der Waals surface area contributed by atoms with Crippen LogP contribution in [0.2, 0.25) is 0 Å². The molecule has 1 saturated heterocycles. The number of benzene rings is 3. The molecule has 1 aliphatic rings. The molecule has 1 heterocycles. The Morgan fingerprint density at radius 3 is 2.00 bits per heavy atom. The summed E-state index contributed by atoms with van der Waals surface area (Å²) in [4.78, 5) is 20.7. The second-order valence-electron chi connectivity index (χ2n) is 8.78. The topological polar surface area (TPSA) is 90.5 Å². The van der Waals surface area contributed by atoms with Gasteiger partial charge in [-0.05, 0) is 61.5 Å². The first-order valence-corrected chi connectivity index (χ1v) is 13.3. The van der Waals surface area contributed by atoms with Crippen LogP contribution < -0.4 is 15.4 Å². The van der Waals surface area contributed by atoms with Gasteiger partial charge in [-0.15, -0.1) is 0 Å². The van der Waals surface area contributed by atoms with Crippen molar-refractivity contribution in [2.45, 2.75) is 42.8 Å². The van der Waals surface area contributed by atoms with Gasteiger partial charge in [-0.2, -0.15) is 13.2 Å². The van der Waals surface area contributed by atoms with E-state index in [2.05, 4.69) is 70.8 Å². The van der Waals surface area contributed by atoms with Crippen molar-refractivity contribution in [2.75, 3.05) is 19.6 Å². The number of carboxylic acids is 1. The molecule has 0 spiro atoms. The first-order valence-electron chi connectivity index (χ1n) is 12.5. The van der Waals surface area contributed by atoms with Gasteiger partial charge in [-0.1, -0.05) is 78.4 Å². The molecule has 6 nitrogen and oxygen atoms in total. The highest BCUT2D eigenvalue weighted by molar-refractivity contribution is 7.97. The summed E-state index contributed by atoms with van der Waals surface area (Å²) < 4.78 is 35.2. The molecule has 0 saturated carbocycles. The summed E-state index contributed by atoms with van der Waals surface area (Å²) in [7, 11) is 0. The van der Waals surface area contributed by atoms with Crippen LogP contribution in [-0.2, 0) is 9.59 Å². The Bertz CT molecular complexity index is 1060. The number of amides is 1. The maximum absolute atomic E-state index is 10.6. The Labute approximate surface area is 231 Å². The second kappa shape index (κ2) is 17.3. The summed E-state index contributed by atoms with van der Waals surface area (Å²) >= 11 is 1.75. The largest absolute Gasteiger partial charge is 0.490 e. The van der Waals surface area contributed by atoms with Crippen molar-refractivity contribution in [1.29, 1.82) is 0 Å². The van der Waals surface area contributed by atoms with E-state index in [1.165, 1.54) is 41.0 Å². The summed E-state index contributed by atoms with van der Waals surface area (Å²) in [5.41, 5.74) is 3.75. The first kappa shape index (κ1) is 31.9. The molecule has 1 unspecified atom stereocenters. The van der Waals surface area contributed by atoms with Gasteiger partial charge in [0.15, 0.2) is 0 Å². The molecule has 4 N–H and O–H groups in total. The van der Waals surface area contributed by atoms with Gasteiger partial charge in [0.05, 0.1) is 0 Å². The molecule has 0 bridgehead atoms. The fourth-order valence-electron chi connectivity index (χ4n) is 3.67. The number of carboxylic acid groups (broad SMARTS) is 1. The number of piperidine rings is 1. The van der Waals surface area contributed by atoms with Crippen molar-refractivity contribution < 1.29 is 27.9 Å². The highest BCUT2D eigenvalue weighted by atomic mass is 32.2. The molecular formula is C29H34F3N3O3S. The number of carbonyl (C=O) groups is 2. The minimum Gasteiger partial charge on any atom is -0.475 e. The van der Waals surface area contributed by atoms with Crippen molar-refractivity contribution >= 4 is 24.3 Å². The van der Waals surface area contributed by atoms with E-state index >= 15 is 0 Å². The van der Waals surface area contributed by atoms with E-state index < -0.39 is 12.1 Å². The van der Waals surface area contributed by atoms with E-state index in [4.69, 9.17) is 9.90 Å². The predicted molar refractivity (Wildman–Crippen MR) is 149 cm³/mol. The van der Waals surface area contributed by atoms with E-state index in [0.29, 0.717) is 12.6 Å². The van der Waals surface area contributed by atoms with Gasteiger partial charge in [-0.3, -0.25) is 9.52 Å². The van der Waals surface area contributed by atoms with Crippen LogP contribution in [0.15, 0.2) is 89.8 Å². The molecular weight excluding hydrogens is 527 g/mol. The normalized spacial score (nSPS) is 14.7. The zero-order chi connectivity index (χ0) is 28.5. The number of carbonyl (C=O) groups excluding carboxylic acids is 1. The standard InChI is InChI=1S/C15H15NO.C12H18N2S.C2HF3O2/c17-12-16-11-15(13-7-3-1-4-8-13)14-9-5-2-6-10-14;1-10-4-6-12(7-5-10)15-14-11-3-2-8-13-9-11;3-2(4,5)1(6)7/h1-10,12,15H,11H2,(H,16,17);4-7,11,13-14H,2-3,8-9H2,1H3;(H,6,7). The van der Waals surface area contributed by atoms with Crippen molar-refractivity contribution in [2.24, 2.45) is 0 Å². The average molecular weight is 562 g/mol. The fourth-order valence-corrected chi connectivity index (χ4v) is 4.45. The van der Waals surface area contributed by atoms with Gasteiger partial charge in [0.2, 0.25) is 6.41 Å². The Hall–Kier alpha value is -3.34. The third-order valence-corrected chi connectivity index (χ3v) is 6.67. The predicted octanol–water partition coefficient (Wildman–Crippen LogP) is 5.54. The molecule has 0 aliphatic carbocycles. The lowest BCUT2D eigenvalue weighted by atomic mass is 9.91. The van der Waals surface area contributed by atoms with Gasteiger partial charge in [-0.25, -0.2) is 4.79 Å². The number of rotatable bonds is 8. The quantitative estimate of drug-likeness (QED) is 0.213. The van der Waals surface area contributed by atoms with Crippen LogP contribution in [0.5, 0.6) is 0 Å². The van der Waals surface area contributed by atoms with Crippen LogP contribution in [-0.4, -0.2) is 49.3 Å². The third kappa shape index (κ3) is 12.8. The van der Waals surface area contributed by atoms with Crippen molar-refractivity contribution in [3.8, 4) is 0 Å². The average Bonchev–Trinajstić information content (AvgIpc) is 2.95. The van der Waals surface area contributed by atoms with Gasteiger partial charge in [0.25, 0.3) is 0 Å². The van der Waals surface area contributed by atoms with Gasteiger partial charge in [0, 0.05) is 29.9 Å². The molecule has 1 aliphatic heterocycles. The number of halogens is 3. The number of aryl methyl sites for hydroxylation is 1. The molecule has 4 rings (SSSR count). The molecule has 1 fully saturated rings. The van der Waals surface area contributed by atoms with Crippen molar-refractivity contribution in [3.63, 3.8) is 0 Å². The van der Waals surface area contributed by atoms with E-state index in [0.717, 1.165) is 13.0 Å². The number of nitrogens with one attached hydrogen (secondary N) is 3. The number of hydrogen-bond donors (Lipinski definition) is 4. The summed E-state index contributed by atoms with van der Waals surface area (Å²) in [6, 6.07) is 29.7. The molecule has 0 aromatic heterocycles. The van der Waals surface area contributed by atoms with E-state index in [9.17, 15) is 18.0 Å². The molecule has 3 aromatic rings. The highest BCUT2D eigenvalue weighted by Crippen LogP contribution is 2.23. The number of aliphatic carboxylic acids is 1. The smallest absolute Gasteiger partial charge is 0.475 e. The van der Waals surface area contributed by atoms with Gasteiger partial charge < -0.3 is 15.7 Å². The molecule has 1 amide bonds. The molecule has 0 radical (unpaired) electrons. The minimum atomic E-state index is -5.08. The van der Waals surface area contributed by atoms with Crippen molar-refractivity contribution in [3.05, 3.63) is 102 Å². The van der Waals surface area contributed by atoms with Gasteiger partial charge in [0.1, 0.15) is 0 Å². The SMILES string of the molecule is Cc1ccc(SNC2CCCNC2)cc1.O=C(O)C(F)(F)F.O=CNCC(c1ccccc1)c1ccccc1. The van der Waals surface area contributed by atoms with E-state index in [-0.39, 0.29) is 5.92 Å². The zero-order valence-corrected chi connectivity index (χ0v) is 22.5. The van der Waals surface area contributed by atoms with Crippen LogP contribution >= 0.6 is 11.9 Å².